The Morgan fingerprint density at radius 3 is 2.88 bits per heavy atom. The summed E-state index contributed by atoms with van der Waals surface area (Å²) in [5, 5.41) is 14.6. The summed E-state index contributed by atoms with van der Waals surface area (Å²) >= 11 is 0. The van der Waals surface area contributed by atoms with Crippen molar-refractivity contribution in [1.82, 2.24) is 10.6 Å². The summed E-state index contributed by atoms with van der Waals surface area (Å²) in [6, 6.07) is -0.0643. The van der Waals surface area contributed by atoms with Crippen molar-refractivity contribution in [3.63, 3.8) is 0 Å². The van der Waals surface area contributed by atoms with Crippen molar-refractivity contribution in [2.75, 3.05) is 13.1 Å². The number of aliphatic carboxylic acids is 1. The Kier molecular flexibility index (Phi) is 5.25. The number of hydrogen-bond donors (Lipinski definition) is 3. The molecule has 0 radical (unpaired) electrons. The van der Waals surface area contributed by atoms with E-state index in [1.807, 2.05) is 6.92 Å². The van der Waals surface area contributed by atoms with Gasteiger partial charge in [0.1, 0.15) is 0 Å². The van der Waals surface area contributed by atoms with Gasteiger partial charge in [-0.1, -0.05) is 0 Å². The first kappa shape index (κ1) is 13.0. The maximum absolute atomic E-state index is 11.8. The Hall–Kier alpha value is -1.10. The Labute approximate surface area is 95.6 Å². The molecule has 0 saturated carbocycles. The molecule has 1 aliphatic heterocycles. The molecule has 0 bridgehead atoms. The van der Waals surface area contributed by atoms with Crippen LogP contribution in [0.2, 0.25) is 0 Å². The molecule has 5 heteroatoms. The molecule has 0 aromatic rings. The summed E-state index contributed by atoms with van der Waals surface area (Å²) in [7, 11) is 0. The molecule has 0 aromatic heterocycles. The summed E-state index contributed by atoms with van der Waals surface area (Å²) in [5.41, 5.74) is 0. The molecule has 1 saturated heterocycles. The lowest BCUT2D eigenvalue weighted by atomic mass is 9.98. The Morgan fingerprint density at radius 1 is 1.56 bits per heavy atom. The molecule has 0 spiro atoms. The minimum Gasteiger partial charge on any atom is -0.481 e. The molecular formula is C11H20N2O3. The normalized spacial score (nSPS) is 22.4. The molecule has 0 aromatic carbocycles. The molecule has 1 unspecified atom stereocenters. The van der Waals surface area contributed by atoms with Gasteiger partial charge in [-0.2, -0.15) is 0 Å². The minimum atomic E-state index is -0.819. The summed E-state index contributed by atoms with van der Waals surface area (Å²) in [6.45, 7) is 3.56. The fourth-order valence-corrected chi connectivity index (χ4v) is 1.85. The van der Waals surface area contributed by atoms with Crippen LogP contribution in [0.5, 0.6) is 0 Å². The molecule has 2 atom stereocenters. The third kappa shape index (κ3) is 4.61. The maximum Gasteiger partial charge on any atom is 0.303 e. The first-order chi connectivity index (χ1) is 7.59. The second-order valence-electron chi connectivity index (χ2n) is 4.39. The van der Waals surface area contributed by atoms with Gasteiger partial charge in [0.25, 0.3) is 0 Å². The zero-order valence-corrected chi connectivity index (χ0v) is 9.66. The van der Waals surface area contributed by atoms with Crippen molar-refractivity contribution in [3.8, 4) is 0 Å². The number of piperidine rings is 1. The van der Waals surface area contributed by atoms with Crippen LogP contribution in [0.4, 0.5) is 0 Å². The lowest BCUT2D eigenvalue weighted by Crippen LogP contribution is -2.43. The van der Waals surface area contributed by atoms with E-state index in [-0.39, 0.29) is 24.3 Å². The van der Waals surface area contributed by atoms with Crippen molar-refractivity contribution in [2.24, 2.45) is 5.92 Å². The molecule has 1 heterocycles. The first-order valence-corrected chi connectivity index (χ1v) is 5.82. The SMILES string of the molecule is CC(CCC(=O)O)NC(=O)[C@H]1CCCNC1. The maximum atomic E-state index is 11.8. The second kappa shape index (κ2) is 6.48. The molecule has 1 amide bonds. The van der Waals surface area contributed by atoms with E-state index in [9.17, 15) is 9.59 Å². The molecular weight excluding hydrogens is 208 g/mol. The molecule has 3 N–H and O–H groups in total. The van der Waals surface area contributed by atoms with Gasteiger partial charge in [0.05, 0.1) is 5.92 Å². The average Bonchev–Trinajstić information content (AvgIpc) is 2.27. The van der Waals surface area contributed by atoms with Crippen LogP contribution in [0.1, 0.15) is 32.6 Å². The number of carbonyl (C=O) groups excluding carboxylic acids is 1. The smallest absolute Gasteiger partial charge is 0.303 e. The van der Waals surface area contributed by atoms with Gasteiger partial charge in [0.15, 0.2) is 0 Å². The third-order valence-electron chi connectivity index (χ3n) is 2.85. The fraction of sp³-hybridized carbons (Fsp3) is 0.818. The topological polar surface area (TPSA) is 78.4 Å². The van der Waals surface area contributed by atoms with Gasteiger partial charge in [-0.25, -0.2) is 0 Å². The number of nitrogens with one attached hydrogen (secondary N) is 2. The number of hydrogen-bond acceptors (Lipinski definition) is 3. The average molecular weight is 228 g/mol. The number of amides is 1. The van der Waals surface area contributed by atoms with Crippen LogP contribution in [-0.4, -0.2) is 36.1 Å². The fourth-order valence-electron chi connectivity index (χ4n) is 1.85. The summed E-state index contributed by atoms with van der Waals surface area (Å²) in [4.78, 5) is 22.1. The van der Waals surface area contributed by atoms with E-state index in [0.29, 0.717) is 6.42 Å². The van der Waals surface area contributed by atoms with Gasteiger partial charge in [-0.05, 0) is 32.7 Å². The highest BCUT2D eigenvalue weighted by Gasteiger charge is 2.21. The van der Waals surface area contributed by atoms with Gasteiger partial charge in [-0.3, -0.25) is 9.59 Å². The lowest BCUT2D eigenvalue weighted by molar-refractivity contribution is -0.137. The standard InChI is InChI=1S/C11H20N2O3/c1-8(4-5-10(14)15)13-11(16)9-3-2-6-12-7-9/h8-9,12H,2-7H2,1H3,(H,13,16)(H,14,15)/t8?,9-/m0/s1. The predicted molar refractivity (Wildman–Crippen MR) is 60.1 cm³/mol. The Bertz CT molecular complexity index is 250. The minimum absolute atomic E-state index is 0.0426. The van der Waals surface area contributed by atoms with E-state index in [1.165, 1.54) is 0 Å². The van der Waals surface area contributed by atoms with Gasteiger partial charge < -0.3 is 15.7 Å². The van der Waals surface area contributed by atoms with E-state index in [4.69, 9.17) is 5.11 Å². The van der Waals surface area contributed by atoms with E-state index >= 15 is 0 Å². The van der Waals surface area contributed by atoms with Crippen LogP contribution < -0.4 is 10.6 Å². The van der Waals surface area contributed by atoms with E-state index in [2.05, 4.69) is 10.6 Å². The zero-order valence-electron chi connectivity index (χ0n) is 9.66. The highest BCUT2D eigenvalue weighted by Crippen LogP contribution is 2.10. The van der Waals surface area contributed by atoms with Crippen molar-refractivity contribution in [1.29, 1.82) is 0 Å². The van der Waals surface area contributed by atoms with Crippen molar-refractivity contribution >= 4 is 11.9 Å². The predicted octanol–water partition coefficient (Wildman–Crippen LogP) is 0.356. The molecule has 92 valence electrons. The van der Waals surface area contributed by atoms with E-state index in [0.717, 1.165) is 25.9 Å². The summed E-state index contributed by atoms with van der Waals surface area (Å²) in [6.07, 6.45) is 2.54. The number of carbonyl (C=O) groups is 2. The van der Waals surface area contributed by atoms with Gasteiger partial charge >= 0.3 is 5.97 Å². The van der Waals surface area contributed by atoms with Crippen LogP contribution in [0.3, 0.4) is 0 Å². The largest absolute Gasteiger partial charge is 0.481 e. The van der Waals surface area contributed by atoms with Crippen LogP contribution >= 0.6 is 0 Å². The van der Waals surface area contributed by atoms with Crippen LogP contribution in [0.25, 0.3) is 0 Å². The number of rotatable bonds is 5. The molecule has 1 fully saturated rings. The quantitative estimate of drug-likeness (QED) is 0.634. The van der Waals surface area contributed by atoms with Gasteiger partial charge in [-0.15, -0.1) is 0 Å². The Morgan fingerprint density at radius 2 is 2.31 bits per heavy atom. The van der Waals surface area contributed by atoms with Crippen LogP contribution in [0, 0.1) is 5.92 Å². The zero-order chi connectivity index (χ0) is 12.0. The summed E-state index contributed by atoms with van der Waals surface area (Å²) < 4.78 is 0. The van der Waals surface area contributed by atoms with Gasteiger partial charge in [0, 0.05) is 19.0 Å². The molecule has 0 aliphatic carbocycles. The highest BCUT2D eigenvalue weighted by molar-refractivity contribution is 5.79. The summed E-state index contributed by atoms with van der Waals surface area (Å²) in [5.74, 6) is -0.730. The number of carboxylic acids is 1. The molecule has 1 rings (SSSR count). The number of carboxylic acid groups (broad SMARTS) is 1. The molecule has 16 heavy (non-hydrogen) atoms. The lowest BCUT2D eigenvalue weighted by Gasteiger charge is -2.23. The third-order valence-corrected chi connectivity index (χ3v) is 2.85. The highest BCUT2D eigenvalue weighted by atomic mass is 16.4. The van der Waals surface area contributed by atoms with Crippen molar-refractivity contribution in [2.45, 2.75) is 38.6 Å². The second-order valence-corrected chi connectivity index (χ2v) is 4.39. The van der Waals surface area contributed by atoms with Crippen molar-refractivity contribution < 1.29 is 14.7 Å². The van der Waals surface area contributed by atoms with Crippen LogP contribution in [-0.2, 0) is 9.59 Å². The Balaban J connectivity index is 2.23. The first-order valence-electron chi connectivity index (χ1n) is 5.82. The van der Waals surface area contributed by atoms with E-state index < -0.39 is 5.97 Å². The van der Waals surface area contributed by atoms with E-state index in [1.54, 1.807) is 0 Å². The molecule has 1 aliphatic rings. The monoisotopic (exact) mass is 228 g/mol. The molecule has 5 nitrogen and oxygen atoms in total. The van der Waals surface area contributed by atoms with Crippen LogP contribution in [0.15, 0.2) is 0 Å². The van der Waals surface area contributed by atoms with Gasteiger partial charge in [0.2, 0.25) is 5.91 Å². The van der Waals surface area contributed by atoms with Crippen molar-refractivity contribution in [3.05, 3.63) is 0 Å².